The van der Waals surface area contributed by atoms with Gasteiger partial charge in [0.05, 0.1) is 0 Å². The number of allylic oxidation sites excluding steroid dienone is 1. The minimum absolute atomic E-state index is 0.205. The number of hydrogen-bond donors (Lipinski definition) is 1. The summed E-state index contributed by atoms with van der Waals surface area (Å²) < 4.78 is 0. The highest BCUT2D eigenvalue weighted by Gasteiger charge is 2.04. The van der Waals surface area contributed by atoms with Crippen LogP contribution in [0.25, 0.3) is 0 Å². The van der Waals surface area contributed by atoms with Crippen LogP contribution in [0.2, 0.25) is 0 Å². The Hall–Kier alpha value is -0.460. The molecule has 1 N–H and O–H groups in total. The van der Waals surface area contributed by atoms with E-state index in [-0.39, 0.29) is 5.54 Å². The van der Waals surface area contributed by atoms with Gasteiger partial charge in [0.15, 0.2) is 0 Å². The Morgan fingerprint density at radius 2 is 1.90 bits per heavy atom. The molecule has 0 fully saturated rings. The number of hydrogen-bond acceptors (Lipinski definition) is 1. The van der Waals surface area contributed by atoms with Crippen LogP contribution in [-0.2, 0) is 0 Å². The lowest BCUT2D eigenvalue weighted by Gasteiger charge is -2.19. The summed E-state index contributed by atoms with van der Waals surface area (Å²) in [5, 5.41) is 3.31. The van der Waals surface area contributed by atoms with Crippen LogP contribution in [0.4, 0.5) is 0 Å². The quantitative estimate of drug-likeness (QED) is 0.623. The van der Waals surface area contributed by atoms with E-state index in [1.807, 2.05) is 0 Å². The molecule has 0 aromatic rings. The summed E-state index contributed by atoms with van der Waals surface area (Å²) in [5.41, 5.74) is 1.60. The lowest BCUT2D eigenvalue weighted by atomic mass is 10.1. The fourth-order valence-electron chi connectivity index (χ4n) is 0.442. The number of rotatable bonds is 2. The summed E-state index contributed by atoms with van der Waals surface area (Å²) in [4.78, 5) is 0. The van der Waals surface area contributed by atoms with Crippen molar-refractivity contribution in [3.8, 4) is 0 Å². The van der Waals surface area contributed by atoms with Gasteiger partial charge in [0.2, 0.25) is 0 Å². The second-order valence-corrected chi connectivity index (χ2v) is 3.74. The molecule has 1 nitrogen and oxygen atoms in total. The smallest absolute Gasteiger partial charge is 0.0283 e. The van der Waals surface area contributed by atoms with Crippen molar-refractivity contribution >= 4 is 0 Å². The van der Waals surface area contributed by atoms with Crippen LogP contribution in [0.15, 0.2) is 11.8 Å². The third-order valence-electron chi connectivity index (χ3n) is 1.31. The summed E-state index contributed by atoms with van der Waals surface area (Å²) in [7, 11) is 0. The Balaban J connectivity index is 3.73. The monoisotopic (exact) mass is 141 g/mol. The molecule has 0 bridgehead atoms. The zero-order valence-corrected chi connectivity index (χ0v) is 7.78. The first-order valence-corrected chi connectivity index (χ1v) is 3.89. The molecule has 0 atom stereocenters. The van der Waals surface area contributed by atoms with Gasteiger partial charge in [-0.05, 0) is 40.3 Å². The molecular weight excluding hydrogens is 122 g/mol. The molecule has 0 aliphatic heterocycles. The predicted molar refractivity (Wildman–Crippen MR) is 46.9 cm³/mol. The van der Waals surface area contributed by atoms with Crippen LogP contribution in [0.3, 0.4) is 0 Å². The fraction of sp³-hybridized carbons (Fsp3) is 0.778. The van der Waals surface area contributed by atoms with Gasteiger partial charge >= 0.3 is 0 Å². The van der Waals surface area contributed by atoms with E-state index in [0.717, 1.165) is 6.42 Å². The molecule has 0 radical (unpaired) electrons. The highest BCUT2D eigenvalue weighted by molar-refractivity contribution is 4.97. The van der Waals surface area contributed by atoms with Gasteiger partial charge in [0, 0.05) is 5.54 Å². The molecule has 1 heteroatoms. The molecule has 0 aromatic heterocycles. The van der Waals surface area contributed by atoms with Gasteiger partial charge in [-0.25, -0.2) is 0 Å². The van der Waals surface area contributed by atoms with Crippen molar-refractivity contribution in [2.75, 3.05) is 0 Å². The van der Waals surface area contributed by atoms with Gasteiger partial charge in [-0.15, -0.1) is 0 Å². The van der Waals surface area contributed by atoms with Crippen LogP contribution >= 0.6 is 0 Å². The van der Waals surface area contributed by atoms with E-state index in [0.29, 0.717) is 0 Å². The maximum Gasteiger partial charge on any atom is 0.0283 e. The van der Waals surface area contributed by atoms with Crippen molar-refractivity contribution in [1.29, 1.82) is 0 Å². The second-order valence-electron chi connectivity index (χ2n) is 3.74. The van der Waals surface area contributed by atoms with Gasteiger partial charge in [-0.1, -0.05) is 12.5 Å². The third-order valence-corrected chi connectivity index (χ3v) is 1.31. The first kappa shape index (κ1) is 9.54. The van der Waals surface area contributed by atoms with Crippen molar-refractivity contribution in [3.63, 3.8) is 0 Å². The molecule has 0 heterocycles. The highest BCUT2D eigenvalue weighted by atomic mass is 14.9. The van der Waals surface area contributed by atoms with Crippen molar-refractivity contribution in [3.05, 3.63) is 11.8 Å². The third kappa shape index (κ3) is 5.67. The zero-order chi connectivity index (χ0) is 8.20. The number of nitrogens with one attached hydrogen (secondary N) is 1. The Morgan fingerprint density at radius 1 is 1.40 bits per heavy atom. The molecule has 60 valence electrons. The van der Waals surface area contributed by atoms with E-state index in [1.54, 1.807) is 0 Å². The average molecular weight is 141 g/mol. The molecule has 0 saturated carbocycles. The topological polar surface area (TPSA) is 12.0 Å². The lowest BCUT2D eigenvalue weighted by Crippen LogP contribution is -2.31. The summed E-state index contributed by atoms with van der Waals surface area (Å²) in [6, 6.07) is 0. The molecule has 0 amide bonds. The normalized spacial score (nSPS) is 13.5. The van der Waals surface area contributed by atoms with Gasteiger partial charge in [0.1, 0.15) is 0 Å². The minimum atomic E-state index is 0.205. The Labute approximate surface area is 64.5 Å². The zero-order valence-electron chi connectivity index (χ0n) is 7.78. The van der Waals surface area contributed by atoms with E-state index in [4.69, 9.17) is 0 Å². The Kier molecular flexibility index (Phi) is 3.48. The van der Waals surface area contributed by atoms with Gasteiger partial charge in [0.25, 0.3) is 0 Å². The second kappa shape index (κ2) is 3.65. The Bertz CT molecular complexity index is 117. The predicted octanol–water partition coefficient (Wildman–Crippen LogP) is 2.69. The summed E-state index contributed by atoms with van der Waals surface area (Å²) in [6.07, 6.45) is 3.23. The maximum atomic E-state index is 3.31. The average Bonchev–Trinajstić information content (AvgIpc) is 1.81. The van der Waals surface area contributed by atoms with Gasteiger partial charge in [-0.3, -0.25) is 0 Å². The van der Waals surface area contributed by atoms with Crippen LogP contribution in [0.5, 0.6) is 0 Å². The van der Waals surface area contributed by atoms with Gasteiger partial charge in [-0.2, -0.15) is 0 Å². The van der Waals surface area contributed by atoms with Crippen LogP contribution < -0.4 is 5.32 Å². The first-order valence-electron chi connectivity index (χ1n) is 3.89. The van der Waals surface area contributed by atoms with Crippen molar-refractivity contribution < 1.29 is 0 Å². The SMILES string of the molecule is CC/C(C)=C\NC(C)(C)C. The molecule has 0 rings (SSSR count). The first-order chi connectivity index (χ1) is 4.45. The molecular formula is C9H19N. The standard InChI is InChI=1S/C9H19N/c1-6-8(2)7-10-9(3,4)5/h7,10H,6H2,1-5H3/b8-7-. The van der Waals surface area contributed by atoms with Crippen molar-refractivity contribution in [2.45, 2.75) is 46.6 Å². The highest BCUT2D eigenvalue weighted by Crippen LogP contribution is 2.01. The maximum absolute atomic E-state index is 3.31. The van der Waals surface area contributed by atoms with Crippen LogP contribution in [-0.4, -0.2) is 5.54 Å². The Morgan fingerprint density at radius 3 is 2.20 bits per heavy atom. The molecule has 10 heavy (non-hydrogen) atoms. The molecule has 0 spiro atoms. The molecule has 0 aromatic carbocycles. The summed E-state index contributed by atoms with van der Waals surface area (Å²) in [5.74, 6) is 0. The van der Waals surface area contributed by atoms with E-state index < -0.39 is 0 Å². The molecule has 0 unspecified atom stereocenters. The van der Waals surface area contributed by atoms with E-state index in [9.17, 15) is 0 Å². The minimum Gasteiger partial charge on any atom is -0.386 e. The van der Waals surface area contributed by atoms with E-state index in [2.05, 4.69) is 46.1 Å². The molecule has 0 saturated heterocycles. The summed E-state index contributed by atoms with van der Waals surface area (Å²) >= 11 is 0. The summed E-state index contributed by atoms with van der Waals surface area (Å²) in [6.45, 7) is 10.8. The molecule has 0 aliphatic carbocycles. The van der Waals surface area contributed by atoms with Crippen LogP contribution in [0, 0.1) is 0 Å². The van der Waals surface area contributed by atoms with Crippen LogP contribution in [0.1, 0.15) is 41.0 Å². The van der Waals surface area contributed by atoms with Gasteiger partial charge < -0.3 is 5.32 Å². The lowest BCUT2D eigenvalue weighted by molar-refractivity contribution is 0.489. The van der Waals surface area contributed by atoms with Crippen molar-refractivity contribution in [2.24, 2.45) is 0 Å². The van der Waals surface area contributed by atoms with E-state index >= 15 is 0 Å². The largest absolute Gasteiger partial charge is 0.386 e. The molecule has 0 aliphatic rings. The fourth-order valence-corrected chi connectivity index (χ4v) is 0.442. The van der Waals surface area contributed by atoms with E-state index in [1.165, 1.54) is 5.57 Å². The van der Waals surface area contributed by atoms with Crippen molar-refractivity contribution in [1.82, 2.24) is 5.32 Å².